The standard InChI is InChI=1S/C11H21NO4/c1-6-12(11(15)16-5)9(7(2)3)8(4)10(13)14/h7-9H,6H2,1-5H3,(H,13,14). The summed E-state index contributed by atoms with van der Waals surface area (Å²) in [6.45, 7) is 7.65. The summed E-state index contributed by atoms with van der Waals surface area (Å²) < 4.78 is 4.66. The molecule has 0 saturated carbocycles. The van der Waals surface area contributed by atoms with Gasteiger partial charge in [-0.05, 0) is 19.8 Å². The van der Waals surface area contributed by atoms with Crippen molar-refractivity contribution in [1.82, 2.24) is 4.90 Å². The molecule has 0 aliphatic rings. The number of aliphatic carboxylic acids is 1. The highest BCUT2D eigenvalue weighted by atomic mass is 16.5. The number of amides is 1. The van der Waals surface area contributed by atoms with E-state index in [-0.39, 0.29) is 12.0 Å². The van der Waals surface area contributed by atoms with Gasteiger partial charge < -0.3 is 14.7 Å². The average molecular weight is 231 g/mol. The van der Waals surface area contributed by atoms with Crippen LogP contribution in [0.5, 0.6) is 0 Å². The molecule has 0 saturated heterocycles. The number of hydrogen-bond donors (Lipinski definition) is 1. The lowest BCUT2D eigenvalue weighted by molar-refractivity contribution is -0.143. The third-order valence-corrected chi connectivity index (χ3v) is 2.69. The van der Waals surface area contributed by atoms with Crippen molar-refractivity contribution in [2.45, 2.75) is 33.7 Å². The molecule has 0 radical (unpaired) electrons. The largest absolute Gasteiger partial charge is 0.481 e. The number of carboxylic acid groups (broad SMARTS) is 1. The molecule has 5 nitrogen and oxygen atoms in total. The van der Waals surface area contributed by atoms with Gasteiger partial charge in [0.15, 0.2) is 0 Å². The molecule has 0 aromatic rings. The molecule has 0 aromatic heterocycles. The molecule has 16 heavy (non-hydrogen) atoms. The van der Waals surface area contributed by atoms with Gasteiger partial charge in [0.25, 0.3) is 0 Å². The highest BCUT2D eigenvalue weighted by Crippen LogP contribution is 2.20. The van der Waals surface area contributed by atoms with Gasteiger partial charge in [-0.1, -0.05) is 13.8 Å². The fraction of sp³-hybridized carbons (Fsp3) is 0.818. The van der Waals surface area contributed by atoms with Crippen molar-refractivity contribution in [3.8, 4) is 0 Å². The highest BCUT2D eigenvalue weighted by molar-refractivity contribution is 5.73. The lowest BCUT2D eigenvalue weighted by Crippen LogP contribution is -2.48. The molecule has 94 valence electrons. The SMILES string of the molecule is CCN(C(=O)OC)C(C(C)C)C(C)C(=O)O. The van der Waals surface area contributed by atoms with Gasteiger partial charge in [0.1, 0.15) is 0 Å². The molecule has 2 atom stereocenters. The summed E-state index contributed by atoms with van der Waals surface area (Å²) in [6.07, 6.45) is -0.478. The first kappa shape index (κ1) is 14.7. The third kappa shape index (κ3) is 3.40. The molecule has 0 bridgehead atoms. The van der Waals surface area contributed by atoms with E-state index in [1.165, 1.54) is 12.0 Å². The minimum atomic E-state index is -0.902. The normalized spacial score (nSPS) is 14.4. The average Bonchev–Trinajstić information content (AvgIpc) is 2.22. The molecule has 0 aromatic carbocycles. The van der Waals surface area contributed by atoms with Crippen LogP contribution < -0.4 is 0 Å². The number of methoxy groups -OCH3 is 1. The van der Waals surface area contributed by atoms with Crippen molar-refractivity contribution < 1.29 is 19.4 Å². The van der Waals surface area contributed by atoms with Gasteiger partial charge in [-0.15, -0.1) is 0 Å². The zero-order valence-electron chi connectivity index (χ0n) is 10.6. The van der Waals surface area contributed by atoms with E-state index >= 15 is 0 Å². The topological polar surface area (TPSA) is 66.8 Å². The van der Waals surface area contributed by atoms with Crippen LogP contribution >= 0.6 is 0 Å². The van der Waals surface area contributed by atoms with E-state index < -0.39 is 18.0 Å². The van der Waals surface area contributed by atoms with Gasteiger partial charge in [0.2, 0.25) is 0 Å². The zero-order valence-corrected chi connectivity index (χ0v) is 10.6. The maximum absolute atomic E-state index is 11.5. The summed E-state index contributed by atoms with van der Waals surface area (Å²) in [5.41, 5.74) is 0. The number of hydrogen-bond acceptors (Lipinski definition) is 3. The summed E-state index contributed by atoms with van der Waals surface area (Å²) >= 11 is 0. The van der Waals surface area contributed by atoms with Crippen LogP contribution in [0.3, 0.4) is 0 Å². The van der Waals surface area contributed by atoms with E-state index in [4.69, 9.17) is 5.11 Å². The predicted molar refractivity (Wildman–Crippen MR) is 60.2 cm³/mol. The Bertz CT molecular complexity index is 252. The number of ether oxygens (including phenoxy) is 1. The highest BCUT2D eigenvalue weighted by Gasteiger charge is 2.34. The first-order valence-electron chi connectivity index (χ1n) is 5.44. The lowest BCUT2D eigenvalue weighted by atomic mass is 9.90. The molecular formula is C11H21NO4. The molecule has 1 amide bonds. The molecule has 0 aliphatic heterocycles. The Morgan fingerprint density at radius 2 is 1.81 bits per heavy atom. The van der Waals surface area contributed by atoms with Crippen molar-refractivity contribution in [2.24, 2.45) is 11.8 Å². The molecule has 2 unspecified atom stereocenters. The fourth-order valence-electron chi connectivity index (χ4n) is 1.93. The Kier molecular flexibility index (Phi) is 5.85. The van der Waals surface area contributed by atoms with Crippen LogP contribution in [-0.4, -0.2) is 41.8 Å². The van der Waals surface area contributed by atoms with Gasteiger partial charge >= 0.3 is 12.1 Å². The number of nitrogens with zero attached hydrogens (tertiary/aromatic N) is 1. The molecule has 0 spiro atoms. The van der Waals surface area contributed by atoms with E-state index in [0.29, 0.717) is 6.54 Å². The summed E-state index contributed by atoms with van der Waals surface area (Å²) in [6, 6.07) is -0.352. The Labute approximate surface area is 96.4 Å². The van der Waals surface area contributed by atoms with Gasteiger partial charge in [-0.2, -0.15) is 0 Å². The van der Waals surface area contributed by atoms with E-state index in [2.05, 4.69) is 4.74 Å². The second-order valence-electron chi connectivity index (χ2n) is 4.12. The first-order valence-corrected chi connectivity index (χ1v) is 5.44. The van der Waals surface area contributed by atoms with E-state index in [0.717, 1.165) is 0 Å². The molecule has 0 fully saturated rings. The van der Waals surface area contributed by atoms with Crippen LogP contribution in [0.2, 0.25) is 0 Å². The van der Waals surface area contributed by atoms with Crippen LogP contribution in [0.25, 0.3) is 0 Å². The summed E-state index contributed by atoms with van der Waals surface area (Å²) in [7, 11) is 1.30. The summed E-state index contributed by atoms with van der Waals surface area (Å²) in [5, 5.41) is 9.02. The Morgan fingerprint density at radius 1 is 1.31 bits per heavy atom. The van der Waals surface area contributed by atoms with Crippen molar-refractivity contribution in [3.63, 3.8) is 0 Å². The van der Waals surface area contributed by atoms with Crippen molar-refractivity contribution >= 4 is 12.1 Å². The van der Waals surface area contributed by atoms with Crippen LogP contribution in [0, 0.1) is 11.8 Å². The van der Waals surface area contributed by atoms with Crippen LogP contribution in [0.4, 0.5) is 4.79 Å². The van der Waals surface area contributed by atoms with Crippen LogP contribution in [0.1, 0.15) is 27.7 Å². The lowest BCUT2D eigenvalue weighted by Gasteiger charge is -2.35. The minimum Gasteiger partial charge on any atom is -0.481 e. The molecule has 1 N–H and O–H groups in total. The van der Waals surface area contributed by atoms with E-state index in [9.17, 15) is 9.59 Å². The fourth-order valence-corrected chi connectivity index (χ4v) is 1.93. The van der Waals surface area contributed by atoms with E-state index in [1.807, 2.05) is 13.8 Å². The smallest absolute Gasteiger partial charge is 0.409 e. The van der Waals surface area contributed by atoms with Crippen molar-refractivity contribution in [3.05, 3.63) is 0 Å². The van der Waals surface area contributed by atoms with Gasteiger partial charge in [-0.3, -0.25) is 4.79 Å². The monoisotopic (exact) mass is 231 g/mol. The maximum Gasteiger partial charge on any atom is 0.409 e. The number of rotatable bonds is 5. The Morgan fingerprint density at radius 3 is 2.06 bits per heavy atom. The van der Waals surface area contributed by atoms with Crippen LogP contribution in [-0.2, 0) is 9.53 Å². The maximum atomic E-state index is 11.5. The molecule has 0 aliphatic carbocycles. The Balaban J connectivity index is 5.01. The Hall–Kier alpha value is -1.26. The number of carbonyl (C=O) groups is 2. The summed E-state index contributed by atoms with van der Waals surface area (Å²) in [5.74, 6) is -1.45. The molecule has 0 rings (SSSR count). The summed E-state index contributed by atoms with van der Waals surface area (Å²) in [4.78, 5) is 24.0. The third-order valence-electron chi connectivity index (χ3n) is 2.69. The minimum absolute atomic E-state index is 0.0603. The van der Waals surface area contributed by atoms with Crippen molar-refractivity contribution in [1.29, 1.82) is 0 Å². The first-order chi connectivity index (χ1) is 7.36. The number of carbonyl (C=O) groups excluding carboxylic acids is 1. The van der Waals surface area contributed by atoms with Gasteiger partial charge in [-0.25, -0.2) is 4.79 Å². The van der Waals surface area contributed by atoms with Crippen molar-refractivity contribution in [2.75, 3.05) is 13.7 Å². The predicted octanol–water partition coefficient (Wildman–Crippen LogP) is 1.82. The second kappa shape index (κ2) is 6.35. The molecule has 5 heteroatoms. The van der Waals surface area contributed by atoms with E-state index in [1.54, 1.807) is 13.8 Å². The molecular weight excluding hydrogens is 210 g/mol. The van der Waals surface area contributed by atoms with Gasteiger partial charge in [0.05, 0.1) is 19.1 Å². The zero-order chi connectivity index (χ0) is 12.9. The van der Waals surface area contributed by atoms with Crippen LogP contribution in [0.15, 0.2) is 0 Å². The quantitative estimate of drug-likeness (QED) is 0.783. The second-order valence-corrected chi connectivity index (χ2v) is 4.12. The molecule has 0 heterocycles. The number of carboxylic acids is 1. The van der Waals surface area contributed by atoms with Gasteiger partial charge in [0, 0.05) is 6.54 Å².